The van der Waals surface area contributed by atoms with Crippen LogP contribution in [0.15, 0.2) is 78.2 Å². The molecule has 3 heterocycles. The second kappa shape index (κ2) is 8.87. The number of aromatic nitrogens is 5. The smallest absolute Gasteiger partial charge is 0.210 e. The zero-order chi connectivity index (χ0) is 20.9. The summed E-state index contributed by atoms with van der Waals surface area (Å²) in [6.45, 7) is 1.76. The maximum Gasteiger partial charge on any atom is 0.210 e. The fourth-order valence-electron chi connectivity index (χ4n) is 2.78. The molecule has 0 aliphatic carbocycles. The van der Waals surface area contributed by atoms with Gasteiger partial charge in [0.05, 0.1) is 16.6 Å². The van der Waals surface area contributed by atoms with Crippen LogP contribution < -0.4 is 0 Å². The van der Waals surface area contributed by atoms with Gasteiger partial charge < -0.3 is 0 Å². The van der Waals surface area contributed by atoms with Gasteiger partial charge in [-0.2, -0.15) is 0 Å². The number of Topliss-reactive ketones (excluding diaryl/α,β-unsaturated/α-hetero) is 1. The van der Waals surface area contributed by atoms with Gasteiger partial charge in [0.15, 0.2) is 5.78 Å². The third kappa shape index (κ3) is 4.38. The lowest BCUT2D eigenvalue weighted by atomic mass is 10.1. The molecule has 1 aromatic carbocycles. The maximum absolute atomic E-state index is 13.1. The van der Waals surface area contributed by atoms with Crippen molar-refractivity contribution in [2.75, 3.05) is 0 Å². The van der Waals surface area contributed by atoms with Crippen LogP contribution in [0, 0.1) is 5.82 Å². The largest absolute Gasteiger partial charge is 0.293 e. The summed E-state index contributed by atoms with van der Waals surface area (Å²) < 4.78 is 13.1. The molecule has 0 fully saturated rings. The molecule has 1 atom stereocenters. The molecule has 0 amide bonds. The van der Waals surface area contributed by atoms with E-state index in [-0.39, 0.29) is 11.6 Å². The van der Waals surface area contributed by atoms with Gasteiger partial charge in [-0.3, -0.25) is 14.8 Å². The van der Waals surface area contributed by atoms with E-state index in [1.807, 2.05) is 36.4 Å². The van der Waals surface area contributed by atoms with Gasteiger partial charge in [-0.1, -0.05) is 23.9 Å². The molecule has 8 heteroatoms. The van der Waals surface area contributed by atoms with E-state index in [1.165, 1.54) is 36.0 Å². The Morgan fingerprint density at radius 2 is 1.50 bits per heavy atom. The topological polar surface area (TPSA) is 81.5 Å². The van der Waals surface area contributed by atoms with Crippen molar-refractivity contribution in [1.29, 1.82) is 0 Å². The number of hydrogen-bond acceptors (Lipinski definition) is 7. The standard InChI is InChI=1S/C22H16FN5OS/c1-14(21(29)15-8-10-16(23)11-9-15)30-22-26-19(17-6-2-4-12-24-17)20(27-28-22)18-7-3-5-13-25-18/h2-14H,1H3/t14-/m0/s1. The van der Waals surface area contributed by atoms with Gasteiger partial charge in [0.25, 0.3) is 0 Å². The fourth-order valence-corrected chi connectivity index (χ4v) is 3.57. The Bertz CT molecular complexity index is 1160. The summed E-state index contributed by atoms with van der Waals surface area (Å²) in [4.78, 5) is 26.0. The summed E-state index contributed by atoms with van der Waals surface area (Å²) in [6, 6.07) is 16.5. The molecule has 0 aliphatic rings. The summed E-state index contributed by atoms with van der Waals surface area (Å²) in [5, 5.41) is 8.39. The van der Waals surface area contributed by atoms with Gasteiger partial charge >= 0.3 is 0 Å². The molecule has 0 bridgehead atoms. The molecule has 30 heavy (non-hydrogen) atoms. The molecule has 6 nitrogen and oxygen atoms in total. The molecule has 4 aromatic rings. The third-order valence-corrected chi connectivity index (χ3v) is 5.21. The van der Waals surface area contributed by atoms with Crippen molar-refractivity contribution in [2.24, 2.45) is 0 Å². The Balaban J connectivity index is 1.66. The minimum atomic E-state index is -0.477. The molecule has 0 N–H and O–H groups in total. The van der Waals surface area contributed by atoms with Crippen molar-refractivity contribution in [3.63, 3.8) is 0 Å². The first-order valence-electron chi connectivity index (χ1n) is 9.16. The van der Waals surface area contributed by atoms with Crippen molar-refractivity contribution < 1.29 is 9.18 Å². The molecule has 0 aliphatic heterocycles. The highest BCUT2D eigenvalue weighted by molar-refractivity contribution is 8.00. The van der Waals surface area contributed by atoms with Gasteiger partial charge in [0, 0.05) is 18.0 Å². The molecular weight excluding hydrogens is 401 g/mol. The van der Waals surface area contributed by atoms with Crippen LogP contribution in [0.1, 0.15) is 17.3 Å². The molecule has 0 saturated carbocycles. The van der Waals surface area contributed by atoms with Crippen LogP contribution in [0.3, 0.4) is 0 Å². The van der Waals surface area contributed by atoms with E-state index in [2.05, 4.69) is 25.1 Å². The van der Waals surface area contributed by atoms with Crippen LogP contribution in [-0.4, -0.2) is 36.2 Å². The van der Waals surface area contributed by atoms with Crippen molar-refractivity contribution in [3.05, 3.63) is 84.4 Å². The Morgan fingerprint density at radius 1 is 0.867 bits per heavy atom. The van der Waals surface area contributed by atoms with Crippen molar-refractivity contribution in [1.82, 2.24) is 25.1 Å². The van der Waals surface area contributed by atoms with E-state index in [0.29, 0.717) is 33.5 Å². The highest BCUT2D eigenvalue weighted by Crippen LogP contribution is 2.29. The summed E-state index contributed by atoms with van der Waals surface area (Å²) in [5.41, 5.74) is 2.74. The maximum atomic E-state index is 13.1. The lowest BCUT2D eigenvalue weighted by Gasteiger charge is -2.11. The molecule has 0 saturated heterocycles. The first-order valence-corrected chi connectivity index (χ1v) is 10.0. The first kappa shape index (κ1) is 19.8. The van der Waals surface area contributed by atoms with Crippen LogP contribution in [0.25, 0.3) is 22.8 Å². The van der Waals surface area contributed by atoms with Crippen molar-refractivity contribution >= 4 is 17.5 Å². The molecular formula is C22H16FN5OS. The fraction of sp³-hybridized carbons (Fsp3) is 0.0909. The van der Waals surface area contributed by atoms with Gasteiger partial charge in [-0.25, -0.2) is 9.37 Å². The molecule has 0 unspecified atom stereocenters. The highest BCUT2D eigenvalue weighted by Gasteiger charge is 2.21. The van der Waals surface area contributed by atoms with Crippen LogP contribution >= 0.6 is 11.8 Å². The average molecular weight is 417 g/mol. The van der Waals surface area contributed by atoms with Gasteiger partial charge in [0.2, 0.25) is 5.16 Å². The Morgan fingerprint density at radius 3 is 2.10 bits per heavy atom. The Hall–Kier alpha value is -3.52. The summed E-state index contributed by atoms with van der Waals surface area (Å²) in [5.74, 6) is -0.527. The van der Waals surface area contributed by atoms with Gasteiger partial charge in [0.1, 0.15) is 17.2 Å². The predicted octanol–water partition coefficient (Wildman–Crippen LogP) is 4.50. The van der Waals surface area contributed by atoms with Crippen molar-refractivity contribution in [2.45, 2.75) is 17.3 Å². The SMILES string of the molecule is C[C@H](Sc1nnc(-c2ccccn2)c(-c2ccccn2)n1)C(=O)c1ccc(F)cc1. The number of nitrogens with zero attached hydrogens (tertiary/aromatic N) is 5. The van der Waals surface area contributed by atoms with E-state index < -0.39 is 5.25 Å². The van der Waals surface area contributed by atoms with Gasteiger partial charge in [-0.15, -0.1) is 10.2 Å². The Labute approximate surface area is 176 Å². The number of carbonyl (C=O) groups excluding carboxylic acids is 1. The number of benzene rings is 1. The lowest BCUT2D eigenvalue weighted by Crippen LogP contribution is -2.14. The minimum absolute atomic E-state index is 0.142. The molecule has 0 radical (unpaired) electrons. The van der Waals surface area contributed by atoms with E-state index in [9.17, 15) is 9.18 Å². The van der Waals surface area contributed by atoms with E-state index in [4.69, 9.17) is 0 Å². The van der Waals surface area contributed by atoms with Crippen LogP contribution in [0.4, 0.5) is 4.39 Å². The molecule has 4 rings (SSSR count). The monoisotopic (exact) mass is 417 g/mol. The normalized spacial score (nSPS) is 11.8. The zero-order valence-corrected chi connectivity index (χ0v) is 16.8. The second-order valence-electron chi connectivity index (χ2n) is 6.35. The highest BCUT2D eigenvalue weighted by atomic mass is 32.2. The number of thioether (sulfide) groups is 1. The molecule has 0 spiro atoms. The molecule has 3 aromatic heterocycles. The Kier molecular flexibility index (Phi) is 5.85. The lowest BCUT2D eigenvalue weighted by molar-refractivity contribution is 0.0994. The second-order valence-corrected chi connectivity index (χ2v) is 7.66. The van der Waals surface area contributed by atoms with Crippen LogP contribution in [0.5, 0.6) is 0 Å². The number of hydrogen-bond donors (Lipinski definition) is 0. The third-order valence-electron chi connectivity index (χ3n) is 4.26. The quantitative estimate of drug-likeness (QED) is 0.337. The van der Waals surface area contributed by atoms with Crippen LogP contribution in [-0.2, 0) is 0 Å². The van der Waals surface area contributed by atoms with Crippen LogP contribution in [0.2, 0.25) is 0 Å². The summed E-state index contributed by atoms with van der Waals surface area (Å²) in [7, 11) is 0. The van der Waals surface area contributed by atoms with Crippen molar-refractivity contribution in [3.8, 4) is 22.8 Å². The summed E-state index contributed by atoms with van der Waals surface area (Å²) >= 11 is 1.19. The minimum Gasteiger partial charge on any atom is -0.293 e. The number of rotatable bonds is 6. The predicted molar refractivity (Wildman–Crippen MR) is 112 cm³/mol. The zero-order valence-electron chi connectivity index (χ0n) is 15.9. The van der Waals surface area contributed by atoms with E-state index >= 15 is 0 Å². The number of pyridine rings is 2. The average Bonchev–Trinajstić information content (AvgIpc) is 2.80. The number of halogens is 1. The summed E-state index contributed by atoms with van der Waals surface area (Å²) in [6.07, 6.45) is 3.35. The van der Waals surface area contributed by atoms with E-state index in [1.54, 1.807) is 19.3 Å². The molecule has 148 valence electrons. The number of carbonyl (C=O) groups is 1. The number of ketones is 1. The first-order chi connectivity index (χ1) is 14.6. The van der Waals surface area contributed by atoms with E-state index in [0.717, 1.165) is 0 Å². The van der Waals surface area contributed by atoms with Gasteiger partial charge in [-0.05, 0) is 55.5 Å².